The molecule has 2 aliphatic heterocycles. The molecule has 3 aliphatic rings. The van der Waals surface area contributed by atoms with Crippen molar-refractivity contribution in [1.82, 2.24) is 19.8 Å². The molecule has 41 heavy (non-hydrogen) atoms. The molecule has 0 unspecified atom stereocenters. The summed E-state index contributed by atoms with van der Waals surface area (Å²) in [6, 6.07) is 10.3. The summed E-state index contributed by atoms with van der Waals surface area (Å²) in [6.07, 6.45) is 8.16. The molecule has 1 saturated carbocycles. The van der Waals surface area contributed by atoms with Crippen LogP contribution in [0.4, 0.5) is 11.5 Å². The highest BCUT2D eigenvalue weighted by molar-refractivity contribution is 6.33. The molecule has 1 aliphatic carbocycles. The Morgan fingerprint density at radius 3 is 2.68 bits per heavy atom. The molecular formula is C31H40ClN7O2. The van der Waals surface area contributed by atoms with Crippen molar-refractivity contribution >= 4 is 29.0 Å². The van der Waals surface area contributed by atoms with E-state index in [0.29, 0.717) is 43.8 Å². The lowest BCUT2D eigenvalue weighted by molar-refractivity contribution is -0.128. The highest BCUT2D eigenvalue weighted by Crippen LogP contribution is 2.36. The molecule has 9 nitrogen and oxygen atoms in total. The number of carbonyl (C=O) groups excluding carboxylic acids is 1. The fraction of sp³-hybridized carbons (Fsp3) is 0.548. The van der Waals surface area contributed by atoms with Crippen LogP contribution in [0.2, 0.25) is 5.02 Å². The molecule has 1 atom stereocenters. The Balaban J connectivity index is 1.47. The smallest absolute Gasteiger partial charge is 0.318 e. The minimum Gasteiger partial charge on any atom is -0.461 e. The number of fused-ring (bicyclic) bond motifs is 1. The number of nitrogens with zero attached hydrogens (tertiary/aromatic N) is 7. The maximum atomic E-state index is 12.5. The van der Waals surface area contributed by atoms with Crippen LogP contribution in [0.3, 0.4) is 0 Å². The third-order valence-corrected chi connectivity index (χ3v) is 9.31. The van der Waals surface area contributed by atoms with Gasteiger partial charge in [0, 0.05) is 31.7 Å². The van der Waals surface area contributed by atoms with Crippen molar-refractivity contribution < 1.29 is 9.53 Å². The third kappa shape index (κ3) is 6.14. The maximum absolute atomic E-state index is 12.5. The number of carbonyl (C=O) groups is 1. The number of ether oxygens (including phenoxy) is 1. The van der Waals surface area contributed by atoms with Crippen molar-refractivity contribution in [3.8, 4) is 12.1 Å². The average Bonchev–Trinajstić information content (AvgIpc) is 2.99. The van der Waals surface area contributed by atoms with E-state index in [-0.39, 0.29) is 23.9 Å². The number of benzene rings is 1. The number of anilines is 2. The molecule has 5 rings (SSSR count). The lowest BCUT2D eigenvalue weighted by atomic mass is 9.81. The summed E-state index contributed by atoms with van der Waals surface area (Å²) in [5.74, 6) is 0.704. The number of likely N-dealkylation sites (N-methyl/N-ethyl adjacent to an activating group) is 1. The third-order valence-electron chi connectivity index (χ3n) is 8.99. The zero-order valence-electron chi connectivity index (χ0n) is 24.2. The van der Waals surface area contributed by atoms with Gasteiger partial charge >= 0.3 is 6.01 Å². The first kappa shape index (κ1) is 29.2. The molecule has 1 aromatic heterocycles. The second kappa shape index (κ2) is 12.7. The number of amides is 1. The molecule has 0 bridgehead atoms. The zero-order chi connectivity index (χ0) is 29.0. The second-order valence-corrected chi connectivity index (χ2v) is 12.0. The minimum absolute atomic E-state index is 0.0319. The predicted octanol–water partition coefficient (Wildman–Crippen LogP) is 4.45. The van der Waals surface area contributed by atoms with E-state index in [1.165, 1.54) is 25.3 Å². The standard InChI is InChI=1S/C31H40ClN7O2/c1-4-28(40)39-19-18-38(20-23(39)12-16-33)29-24-13-17-37(27-11-7-6-10-25(27)32)21-26(24)34-30(35-29)41-22-31(36(2)3)14-8-5-9-15-31/h4,6-7,10-11,23H,1,5,8-9,12-15,17-22H2,2-3H3/t23-/m0/s1. The summed E-state index contributed by atoms with van der Waals surface area (Å²) in [7, 11) is 4.27. The van der Waals surface area contributed by atoms with Gasteiger partial charge < -0.3 is 24.3 Å². The van der Waals surface area contributed by atoms with Gasteiger partial charge in [-0.3, -0.25) is 4.79 Å². The Hall–Kier alpha value is -3.35. The van der Waals surface area contributed by atoms with Gasteiger partial charge in [0.2, 0.25) is 5.91 Å². The van der Waals surface area contributed by atoms with Crippen LogP contribution >= 0.6 is 11.6 Å². The molecule has 0 spiro atoms. The van der Waals surface area contributed by atoms with Gasteiger partial charge in [-0.2, -0.15) is 15.2 Å². The van der Waals surface area contributed by atoms with Crippen LogP contribution in [0, 0.1) is 11.3 Å². The molecule has 10 heteroatoms. The van der Waals surface area contributed by atoms with E-state index in [1.54, 1.807) is 4.90 Å². The highest BCUT2D eigenvalue weighted by atomic mass is 35.5. The SMILES string of the molecule is C=CC(=O)N1CCN(c2nc(OCC3(N(C)C)CCCCC3)nc3c2CCN(c2ccccc2Cl)C3)C[C@@H]1CC#N. The predicted molar refractivity (Wildman–Crippen MR) is 161 cm³/mol. The van der Waals surface area contributed by atoms with Crippen LogP contribution in [0.1, 0.15) is 49.8 Å². The Morgan fingerprint density at radius 2 is 1.98 bits per heavy atom. The average molecular weight is 578 g/mol. The van der Waals surface area contributed by atoms with Gasteiger partial charge in [-0.25, -0.2) is 0 Å². The number of hydrogen-bond donors (Lipinski definition) is 0. The van der Waals surface area contributed by atoms with Gasteiger partial charge in [-0.05, 0) is 51.6 Å². The maximum Gasteiger partial charge on any atom is 0.318 e. The lowest BCUT2D eigenvalue weighted by Gasteiger charge is -2.43. The number of hydrogen-bond acceptors (Lipinski definition) is 8. The zero-order valence-corrected chi connectivity index (χ0v) is 24.9. The van der Waals surface area contributed by atoms with Crippen molar-refractivity contribution in [2.75, 3.05) is 56.7 Å². The second-order valence-electron chi connectivity index (χ2n) is 11.5. The number of halogens is 1. The molecule has 2 aromatic rings. The first-order valence-corrected chi connectivity index (χ1v) is 15.0. The van der Waals surface area contributed by atoms with E-state index < -0.39 is 0 Å². The Kier molecular flexibility index (Phi) is 9.00. The van der Waals surface area contributed by atoms with E-state index >= 15 is 0 Å². The summed E-state index contributed by atoms with van der Waals surface area (Å²) < 4.78 is 6.46. The Labute approximate surface area is 248 Å². The topological polar surface area (TPSA) is 88.8 Å². The summed E-state index contributed by atoms with van der Waals surface area (Å²) in [4.78, 5) is 31.0. The van der Waals surface area contributed by atoms with Gasteiger partial charge in [0.25, 0.3) is 0 Å². The Morgan fingerprint density at radius 1 is 1.20 bits per heavy atom. The number of rotatable bonds is 8. The van der Waals surface area contributed by atoms with Crippen LogP contribution in [-0.4, -0.2) is 84.1 Å². The number of para-hydroxylation sites is 1. The molecule has 1 saturated heterocycles. The van der Waals surface area contributed by atoms with E-state index in [9.17, 15) is 10.1 Å². The quantitative estimate of drug-likeness (QED) is 0.425. The molecule has 2 fully saturated rings. The number of nitriles is 1. The first-order valence-electron chi connectivity index (χ1n) is 14.6. The highest BCUT2D eigenvalue weighted by Gasteiger charge is 2.37. The largest absolute Gasteiger partial charge is 0.461 e. The van der Waals surface area contributed by atoms with Gasteiger partial charge in [0.1, 0.15) is 12.4 Å². The molecule has 218 valence electrons. The van der Waals surface area contributed by atoms with Crippen molar-refractivity contribution in [3.63, 3.8) is 0 Å². The van der Waals surface area contributed by atoms with E-state index in [1.807, 2.05) is 24.3 Å². The molecule has 3 heterocycles. The fourth-order valence-electron chi connectivity index (χ4n) is 6.49. The van der Waals surface area contributed by atoms with Crippen molar-refractivity contribution in [1.29, 1.82) is 5.26 Å². The fourth-order valence-corrected chi connectivity index (χ4v) is 6.75. The van der Waals surface area contributed by atoms with E-state index in [0.717, 1.165) is 48.6 Å². The van der Waals surface area contributed by atoms with Crippen molar-refractivity contribution in [3.05, 3.63) is 53.2 Å². The Bertz CT molecular complexity index is 1300. The van der Waals surface area contributed by atoms with Crippen LogP contribution in [0.5, 0.6) is 6.01 Å². The van der Waals surface area contributed by atoms with Crippen molar-refractivity contribution in [2.45, 2.75) is 63.1 Å². The molecule has 0 radical (unpaired) electrons. The van der Waals surface area contributed by atoms with E-state index in [2.05, 4.69) is 41.4 Å². The van der Waals surface area contributed by atoms with Gasteiger partial charge in [0.15, 0.2) is 0 Å². The van der Waals surface area contributed by atoms with Crippen LogP contribution < -0.4 is 14.5 Å². The molecule has 1 amide bonds. The van der Waals surface area contributed by atoms with Crippen LogP contribution in [-0.2, 0) is 17.8 Å². The first-order chi connectivity index (χ1) is 19.8. The number of aromatic nitrogens is 2. The monoisotopic (exact) mass is 577 g/mol. The van der Waals surface area contributed by atoms with Gasteiger partial charge in [0.05, 0.1) is 47.0 Å². The minimum atomic E-state index is -0.239. The number of piperazine rings is 1. The van der Waals surface area contributed by atoms with Gasteiger partial charge in [-0.15, -0.1) is 0 Å². The summed E-state index contributed by atoms with van der Waals surface area (Å²) in [5.41, 5.74) is 2.98. The van der Waals surface area contributed by atoms with Crippen LogP contribution in [0.15, 0.2) is 36.9 Å². The lowest BCUT2D eigenvalue weighted by Crippen LogP contribution is -2.55. The van der Waals surface area contributed by atoms with E-state index in [4.69, 9.17) is 26.3 Å². The molecule has 1 aromatic carbocycles. The normalized spacial score (nSPS) is 20.4. The molecular weight excluding hydrogens is 538 g/mol. The van der Waals surface area contributed by atoms with Crippen LogP contribution in [0.25, 0.3) is 0 Å². The molecule has 0 N–H and O–H groups in total. The van der Waals surface area contributed by atoms with Gasteiger partial charge in [-0.1, -0.05) is 49.6 Å². The summed E-state index contributed by atoms with van der Waals surface area (Å²) in [5, 5.41) is 10.2. The summed E-state index contributed by atoms with van der Waals surface area (Å²) in [6.45, 7) is 7.20. The summed E-state index contributed by atoms with van der Waals surface area (Å²) >= 11 is 6.57. The van der Waals surface area contributed by atoms with Crippen molar-refractivity contribution in [2.24, 2.45) is 0 Å².